The molecule has 0 amide bonds. The number of aliphatic imine (C=N–C) groups is 1. The van der Waals surface area contributed by atoms with Crippen LogP contribution in [-0.2, 0) is 0 Å². The summed E-state index contributed by atoms with van der Waals surface area (Å²) >= 11 is 0. The minimum Gasteiger partial charge on any atom is -0.262 e. The molecule has 0 N–H and O–H groups in total. The normalized spacial score (nSPS) is 9.55. The van der Waals surface area contributed by atoms with Crippen LogP contribution in [0.4, 0.5) is 0 Å². The van der Waals surface area contributed by atoms with Gasteiger partial charge >= 0.3 is 0 Å². The van der Waals surface area contributed by atoms with E-state index >= 15 is 0 Å². The average Bonchev–Trinajstić information content (AvgIpc) is 2.08. The molecule has 11 heavy (non-hydrogen) atoms. The third kappa shape index (κ3) is 9.15. The van der Waals surface area contributed by atoms with Gasteiger partial charge in [0, 0.05) is 11.9 Å². The molecule has 0 aliphatic heterocycles. The molecule has 0 atom stereocenters. The number of hydrogen-bond acceptors (Lipinski definition) is 1. The van der Waals surface area contributed by atoms with E-state index in [1.807, 2.05) is 13.8 Å². The van der Waals surface area contributed by atoms with Gasteiger partial charge < -0.3 is 0 Å². The molecule has 0 aromatic carbocycles. The van der Waals surface area contributed by atoms with E-state index in [4.69, 9.17) is 0 Å². The predicted molar refractivity (Wildman–Crippen MR) is 54.1 cm³/mol. The molecule has 1 heteroatoms. The van der Waals surface area contributed by atoms with Crippen molar-refractivity contribution in [3.05, 3.63) is 25.4 Å². The lowest BCUT2D eigenvalue weighted by Crippen LogP contribution is -1.89. The molecule has 0 unspecified atom stereocenters. The van der Waals surface area contributed by atoms with Crippen molar-refractivity contribution in [1.82, 2.24) is 0 Å². The van der Waals surface area contributed by atoms with Gasteiger partial charge in [0.2, 0.25) is 0 Å². The van der Waals surface area contributed by atoms with Crippen molar-refractivity contribution in [3.63, 3.8) is 0 Å². The standard InChI is InChI=1S/C8H13N.C2H6/c1-4-7-8(5-2)9-6-3;1-2/h5-6H,2-4,7H2,1H3;1-2H3. The zero-order valence-electron chi connectivity index (χ0n) is 7.93. The smallest absolute Gasteiger partial charge is 0.0397 e. The molecule has 0 heterocycles. The van der Waals surface area contributed by atoms with Gasteiger partial charge in [-0.3, -0.25) is 4.99 Å². The zero-order valence-corrected chi connectivity index (χ0v) is 7.93. The summed E-state index contributed by atoms with van der Waals surface area (Å²) in [5, 5.41) is 0. The maximum atomic E-state index is 3.99. The SMILES string of the molecule is C=CN=C(C=C)CCC.CC. The fraction of sp³-hybridized carbons (Fsp3) is 0.500. The Labute approximate surface area is 70.5 Å². The van der Waals surface area contributed by atoms with Crippen LogP contribution in [0.3, 0.4) is 0 Å². The fourth-order valence-electron chi connectivity index (χ4n) is 0.593. The van der Waals surface area contributed by atoms with Gasteiger partial charge in [-0.1, -0.05) is 40.3 Å². The summed E-state index contributed by atoms with van der Waals surface area (Å²) in [5.41, 5.74) is 1.02. The molecule has 0 rings (SSSR count). The Morgan fingerprint density at radius 1 is 1.36 bits per heavy atom. The minimum atomic E-state index is 0.996. The Morgan fingerprint density at radius 3 is 2.18 bits per heavy atom. The minimum absolute atomic E-state index is 0.996. The molecule has 0 bridgehead atoms. The largest absolute Gasteiger partial charge is 0.262 e. The predicted octanol–water partition coefficient (Wildman–Crippen LogP) is 3.58. The summed E-state index contributed by atoms with van der Waals surface area (Å²) in [7, 11) is 0. The van der Waals surface area contributed by atoms with E-state index in [0.29, 0.717) is 0 Å². The molecule has 0 aliphatic carbocycles. The highest BCUT2D eigenvalue weighted by molar-refractivity contribution is 5.94. The molecule has 0 aliphatic rings. The quantitative estimate of drug-likeness (QED) is 0.547. The summed E-state index contributed by atoms with van der Waals surface area (Å²) < 4.78 is 0. The van der Waals surface area contributed by atoms with Gasteiger partial charge in [-0.05, 0) is 12.5 Å². The second-order valence-corrected chi connectivity index (χ2v) is 1.76. The first-order chi connectivity index (χ1) is 5.35. The lowest BCUT2D eigenvalue weighted by atomic mass is 10.2. The van der Waals surface area contributed by atoms with E-state index in [1.54, 1.807) is 12.3 Å². The van der Waals surface area contributed by atoms with Gasteiger partial charge in [0.1, 0.15) is 0 Å². The maximum Gasteiger partial charge on any atom is 0.0397 e. The highest BCUT2D eigenvalue weighted by Crippen LogP contribution is 1.92. The van der Waals surface area contributed by atoms with E-state index in [-0.39, 0.29) is 0 Å². The summed E-state index contributed by atoms with van der Waals surface area (Å²) in [6.07, 6.45) is 5.42. The molecule has 0 spiro atoms. The lowest BCUT2D eigenvalue weighted by Gasteiger charge is -1.92. The molecule has 0 saturated heterocycles. The second kappa shape index (κ2) is 11.9. The van der Waals surface area contributed by atoms with E-state index in [9.17, 15) is 0 Å². The monoisotopic (exact) mass is 153 g/mol. The summed E-state index contributed by atoms with van der Waals surface area (Å²) in [5.74, 6) is 0. The van der Waals surface area contributed by atoms with Gasteiger partial charge in [-0.25, -0.2) is 0 Å². The van der Waals surface area contributed by atoms with E-state index < -0.39 is 0 Å². The number of allylic oxidation sites excluding steroid dienone is 1. The maximum absolute atomic E-state index is 3.99. The Hall–Kier alpha value is -0.850. The van der Waals surface area contributed by atoms with Crippen LogP contribution in [0, 0.1) is 0 Å². The highest BCUT2D eigenvalue weighted by Gasteiger charge is 1.86. The third-order valence-corrected chi connectivity index (χ3v) is 0.999. The Morgan fingerprint density at radius 2 is 1.91 bits per heavy atom. The van der Waals surface area contributed by atoms with Crippen LogP contribution in [0.1, 0.15) is 33.6 Å². The van der Waals surface area contributed by atoms with Crippen molar-refractivity contribution >= 4 is 5.71 Å². The number of hydrogen-bond donors (Lipinski definition) is 0. The molecule has 0 aromatic rings. The van der Waals surface area contributed by atoms with Crippen LogP contribution in [0.15, 0.2) is 30.4 Å². The van der Waals surface area contributed by atoms with Gasteiger partial charge in [0.05, 0.1) is 0 Å². The van der Waals surface area contributed by atoms with Crippen LogP contribution in [0.25, 0.3) is 0 Å². The lowest BCUT2D eigenvalue weighted by molar-refractivity contribution is 0.996. The Bertz CT molecular complexity index is 123. The Balaban J connectivity index is 0. The molecule has 0 saturated carbocycles. The summed E-state index contributed by atoms with van der Waals surface area (Å²) in [6.45, 7) is 13.2. The van der Waals surface area contributed by atoms with Crippen molar-refractivity contribution in [2.75, 3.05) is 0 Å². The summed E-state index contributed by atoms with van der Waals surface area (Å²) in [4.78, 5) is 3.99. The molecule has 0 radical (unpaired) electrons. The van der Waals surface area contributed by atoms with E-state index in [0.717, 1.165) is 18.6 Å². The number of nitrogens with zero attached hydrogens (tertiary/aromatic N) is 1. The van der Waals surface area contributed by atoms with Crippen molar-refractivity contribution in [1.29, 1.82) is 0 Å². The van der Waals surface area contributed by atoms with Crippen molar-refractivity contribution in [3.8, 4) is 0 Å². The van der Waals surface area contributed by atoms with Crippen LogP contribution >= 0.6 is 0 Å². The van der Waals surface area contributed by atoms with Crippen molar-refractivity contribution in [2.24, 2.45) is 4.99 Å². The van der Waals surface area contributed by atoms with Gasteiger partial charge in [0.25, 0.3) is 0 Å². The van der Waals surface area contributed by atoms with Gasteiger partial charge in [-0.2, -0.15) is 0 Å². The van der Waals surface area contributed by atoms with Crippen LogP contribution in [0.2, 0.25) is 0 Å². The van der Waals surface area contributed by atoms with E-state index in [2.05, 4.69) is 25.1 Å². The fourth-order valence-corrected chi connectivity index (χ4v) is 0.593. The van der Waals surface area contributed by atoms with Gasteiger partial charge in [0.15, 0.2) is 0 Å². The van der Waals surface area contributed by atoms with Crippen LogP contribution in [-0.4, -0.2) is 5.71 Å². The molecule has 64 valence electrons. The third-order valence-electron chi connectivity index (χ3n) is 0.999. The molecule has 0 fully saturated rings. The van der Waals surface area contributed by atoms with Crippen LogP contribution in [0.5, 0.6) is 0 Å². The van der Waals surface area contributed by atoms with Gasteiger partial charge in [-0.15, -0.1) is 0 Å². The van der Waals surface area contributed by atoms with Crippen molar-refractivity contribution in [2.45, 2.75) is 33.6 Å². The molecular formula is C10H19N. The second-order valence-electron chi connectivity index (χ2n) is 1.76. The molecular weight excluding hydrogens is 134 g/mol. The number of rotatable bonds is 4. The Kier molecular flexibility index (Phi) is 13.8. The summed E-state index contributed by atoms with van der Waals surface area (Å²) in [6, 6.07) is 0. The average molecular weight is 153 g/mol. The first-order valence-electron chi connectivity index (χ1n) is 4.15. The highest BCUT2D eigenvalue weighted by atomic mass is 14.7. The topological polar surface area (TPSA) is 12.4 Å². The van der Waals surface area contributed by atoms with E-state index in [1.165, 1.54) is 0 Å². The van der Waals surface area contributed by atoms with Crippen molar-refractivity contribution < 1.29 is 0 Å². The molecule has 0 aromatic heterocycles. The first kappa shape index (κ1) is 12.8. The zero-order chi connectivity index (χ0) is 9.11. The molecule has 1 nitrogen and oxygen atoms in total. The first-order valence-corrected chi connectivity index (χ1v) is 4.15. The van der Waals surface area contributed by atoms with Crippen LogP contribution < -0.4 is 0 Å².